The van der Waals surface area contributed by atoms with Gasteiger partial charge in [-0.15, -0.1) is 0 Å². The molecule has 0 spiro atoms. The van der Waals surface area contributed by atoms with Crippen LogP contribution in [0.25, 0.3) is 0 Å². The molecule has 2 heterocycles. The smallest absolute Gasteiger partial charge is 0.237 e. The molecule has 0 bridgehead atoms. The second kappa shape index (κ2) is 8.88. The van der Waals surface area contributed by atoms with Crippen LogP contribution in [-0.4, -0.2) is 60.1 Å². The lowest BCUT2D eigenvalue weighted by Crippen LogP contribution is -2.56. The number of rotatable bonds is 7. The number of nitrogens with one attached hydrogen (secondary N) is 1. The Hall–Kier alpha value is -2.87. The number of carbonyl (C=O) groups excluding carboxylic acids is 2. The molecule has 1 fully saturated rings. The summed E-state index contributed by atoms with van der Waals surface area (Å²) in [7, 11) is 3.34. The third kappa shape index (κ3) is 4.69. The lowest BCUT2D eigenvalue weighted by atomic mass is 10.0. The van der Waals surface area contributed by atoms with Gasteiger partial charge >= 0.3 is 0 Å². The predicted octanol–water partition coefficient (Wildman–Crippen LogP) is 1.34. The van der Waals surface area contributed by atoms with Gasteiger partial charge in [0.2, 0.25) is 11.8 Å². The number of piperazine rings is 1. The fourth-order valence-corrected chi connectivity index (χ4v) is 3.41. The van der Waals surface area contributed by atoms with E-state index in [1.54, 1.807) is 31.3 Å². The van der Waals surface area contributed by atoms with E-state index < -0.39 is 6.04 Å². The van der Waals surface area contributed by atoms with Crippen LogP contribution in [0.4, 0.5) is 0 Å². The molecule has 28 heavy (non-hydrogen) atoms. The van der Waals surface area contributed by atoms with E-state index in [1.807, 2.05) is 19.1 Å². The number of methoxy groups -OCH3 is 1. The first-order chi connectivity index (χ1) is 13.5. The van der Waals surface area contributed by atoms with E-state index in [-0.39, 0.29) is 18.2 Å². The molecule has 0 aliphatic carbocycles. The molecule has 1 aliphatic rings. The summed E-state index contributed by atoms with van der Waals surface area (Å²) in [6.07, 6.45) is 1.66. The van der Waals surface area contributed by atoms with E-state index in [0.717, 1.165) is 16.9 Å². The SMILES string of the molecule is COc1ccc(CN2CCNC(=O)C2CC(=O)N(C)Cc2ccno2)cc1C. The molecule has 8 heteroatoms. The van der Waals surface area contributed by atoms with Crippen LogP contribution in [0, 0.1) is 6.92 Å². The van der Waals surface area contributed by atoms with Gasteiger partial charge in [-0.25, -0.2) is 0 Å². The maximum Gasteiger partial charge on any atom is 0.237 e. The molecular formula is C20H26N4O4. The molecule has 1 aromatic carbocycles. The molecular weight excluding hydrogens is 360 g/mol. The quantitative estimate of drug-likeness (QED) is 0.773. The standard InChI is InChI=1S/C20H26N4O4/c1-14-10-15(4-5-18(14)27-3)12-24-9-8-21-20(26)17(24)11-19(25)23(2)13-16-6-7-22-28-16/h4-7,10,17H,8-9,11-13H2,1-3H3,(H,21,26). The highest BCUT2D eigenvalue weighted by molar-refractivity contribution is 5.88. The maximum atomic E-state index is 12.7. The lowest BCUT2D eigenvalue weighted by molar-refractivity contribution is -0.138. The van der Waals surface area contributed by atoms with Crippen molar-refractivity contribution in [1.82, 2.24) is 20.3 Å². The van der Waals surface area contributed by atoms with Crippen molar-refractivity contribution in [3.05, 3.63) is 47.3 Å². The van der Waals surface area contributed by atoms with Crippen LogP contribution in [0.15, 0.2) is 35.0 Å². The molecule has 0 saturated carbocycles. The first-order valence-electron chi connectivity index (χ1n) is 9.26. The predicted molar refractivity (Wildman–Crippen MR) is 103 cm³/mol. The molecule has 1 N–H and O–H groups in total. The molecule has 8 nitrogen and oxygen atoms in total. The first-order valence-corrected chi connectivity index (χ1v) is 9.26. The van der Waals surface area contributed by atoms with Crippen molar-refractivity contribution >= 4 is 11.8 Å². The lowest BCUT2D eigenvalue weighted by Gasteiger charge is -2.35. The zero-order chi connectivity index (χ0) is 20.1. The fourth-order valence-electron chi connectivity index (χ4n) is 3.41. The van der Waals surface area contributed by atoms with Gasteiger partial charge in [0.05, 0.1) is 32.3 Å². The summed E-state index contributed by atoms with van der Waals surface area (Å²) < 4.78 is 10.4. The average Bonchev–Trinajstić information content (AvgIpc) is 3.17. The fraction of sp³-hybridized carbons (Fsp3) is 0.450. The number of hydrogen-bond acceptors (Lipinski definition) is 6. The topological polar surface area (TPSA) is 87.9 Å². The highest BCUT2D eigenvalue weighted by atomic mass is 16.5. The summed E-state index contributed by atoms with van der Waals surface area (Å²) in [5, 5.41) is 6.51. The van der Waals surface area contributed by atoms with Crippen molar-refractivity contribution in [1.29, 1.82) is 0 Å². The number of carbonyl (C=O) groups is 2. The number of aromatic nitrogens is 1. The molecule has 1 saturated heterocycles. The van der Waals surface area contributed by atoms with Gasteiger partial charge in [-0.05, 0) is 24.1 Å². The third-order valence-corrected chi connectivity index (χ3v) is 4.96. The van der Waals surface area contributed by atoms with Crippen LogP contribution in [0.3, 0.4) is 0 Å². The Morgan fingerprint density at radius 1 is 1.43 bits per heavy atom. The molecule has 3 rings (SSSR count). The minimum absolute atomic E-state index is 0.113. The second-order valence-corrected chi connectivity index (χ2v) is 7.01. The highest BCUT2D eigenvalue weighted by Gasteiger charge is 2.32. The molecule has 1 aromatic heterocycles. The number of amides is 2. The van der Waals surface area contributed by atoms with Crippen molar-refractivity contribution in [2.75, 3.05) is 27.2 Å². The van der Waals surface area contributed by atoms with Gasteiger partial charge in [0.15, 0.2) is 5.76 Å². The van der Waals surface area contributed by atoms with Gasteiger partial charge in [-0.2, -0.15) is 0 Å². The number of hydrogen-bond donors (Lipinski definition) is 1. The van der Waals surface area contributed by atoms with Gasteiger partial charge in [0.25, 0.3) is 0 Å². The third-order valence-electron chi connectivity index (χ3n) is 4.96. The van der Waals surface area contributed by atoms with Crippen molar-refractivity contribution < 1.29 is 18.8 Å². The van der Waals surface area contributed by atoms with Crippen LogP contribution >= 0.6 is 0 Å². The van der Waals surface area contributed by atoms with Gasteiger partial charge in [0, 0.05) is 32.7 Å². The Bertz CT molecular complexity index is 822. The highest BCUT2D eigenvalue weighted by Crippen LogP contribution is 2.21. The summed E-state index contributed by atoms with van der Waals surface area (Å²) in [6, 6.07) is 7.20. The zero-order valence-corrected chi connectivity index (χ0v) is 16.5. The Morgan fingerprint density at radius 2 is 2.25 bits per heavy atom. The van der Waals surface area contributed by atoms with E-state index >= 15 is 0 Å². The monoisotopic (exact) mass is 386 g/mol. The normalized spacial score (nSPS) is 17.2. The number of aryl methyl sites for hydroxylation is 1. The Kier molecular flexibility index (Phi) is 6.30. The van der Waals surface area contributed by atoms with Gasteiger partial charge in [-0.1, -0.05) is 17.3 Å². The summed E-state index contributed by atoms with van der Waals surface area (Å²) in [6.45, 7) is 4.19. The van der Waals surface area contributed by atoms with Crippen molar-refractivity contribution in [2.24, 2.45) is 0 Å². The van der Waals surface area contributed by atoms with Crippen LogP contribution in [0.1, 0.15) is 23.3 Å². The van der Waals surface area contributed by atoms with E-state index in [4.69, 9.17) is 9.26 Å². The van der Waals surface area contributed by atoms with E-state index in [1.165, 1.54) is 0 Å². The van der Waals surface area contributed by atoms with Crippen LogP contribution in [-0.2, 0) is 22.7 Å². The first kappa shape index (κ1) is 19.9. The minimum Gasteiger partial charge on any atom is -0.496 e. The van der Waals surface area contributed by atoms with Crippen LogP contribution in [0.2, 0.25) is 0 Å². The Morgan fingerprint density at radius 3 is 2.93 bits per heavy atom. The average molecular weight is 386 g/mol. The van der Waals surface area contributed by atoms with Crippen molar-refractivity contribution in [2.45, 2.75) is 32.5 Å². The summed E-state index contributed by atoms with van der Waals surface area (Å²) in [5.41, 5.74) is 2.13. The van der Waals surface area contributed by atoms with Crippen molar-refractivity contribution in [3.8, 4) is 5.75 Å². The maximum absolute atomic E-state index is 12.7. The second-order valence-electron chi connectivity index (χ2n) is 7.01. The van der Waals surface area contributed by atoms with E-state index in [0.29, 0.717) is 31.9 Å². The van der Waals surface area contributed by atoms with Crippen LogP contribution in [0.5, 0.6) is 5.75 Å². The van der Waals surface area contributed by atoms with E-state index in [9.17, 15) is 9.59 Å². The Labute approximate surface area is 164 Å². The zero-order valence-electron chi connectivity index (χ0n) is 16.5. The summed E-state index contributed by atoms with van der Waals surface area (Å²) >= 11 is 0. The molecule has 1 aliphatic heterocycles. The van der Waals surface area contributed by atoms with Gasteiger partial charge in [0.1, 0.15) is 5.75 Å². The molecule has 150 valence electrons. The van der Waals surface area contributed by atoms with Gasteiger partial charge in [-0.3, -0.25) is 14.5 Å². The molecule has 2 amide bonds. The van der Waals surface area contributed by atoms with Crippen LogP contribution < -0.4 is 10.1 Å². The summed E-state index contributed by atoms with van der Waals surface area (Å²) in [5.74, 6) is 1.21. The largest absolute Gasteiger partial charge is 0.496 e. The summed E-state index contributed by atoms with van der Waals surface area (Å²) in [4.78, 5) is 28.7. The Balaban J connectivity index is 1.67. The number of benzene rings is 1. The van der Waals surface area contributed by atoms with E-state index in [2.05, 4.69) is 21.4 Å². The number of ether oxygens (including phenoxy) is 1. The minimum atomic E-state index is -0.499. The number of nitrogens with zero attached hydrogens (tertiary/aromatic N) is 3. The van der Waals surface area contributed by atoms with Crippen molar-refractivity contribution in [3.63, 3.8) is 0 Å². The molecule has 0 radical (unpaired) electrons. The molecule has 1 unspecified atom stereocenters. The molecule has 1 atom stereocenters. The molecule has 2 aromatic rings. The van der Waals surface area contributed by atoms with Gasteiger partial charge < -0.3 is 19.5 Å².